The number of nitrogens with zero attached hydrogens (tertiary/aromatic N) is 1. The van der Waals surface area contributed by atoms with Gasteiger partial charge in [0.25, 0.3) is 5.91 Å². The lowest BCUT2D eigenvalue weighted by molar-refractivity contribution is 0.0936. The number of hydrogen-bond donors (Lipinski definition) is 2. The highest BCUT2D eigenvalue weighted by molar-refractivity contribution is 5.98. The number of nitrogens with one attached hydrogen (secondary N) is 2. The van der Waals surface area contributed by atoms with Gasteiger partial charge in [0.05, 0.1) is 11.6 Å². The summed E-state index contributed by atoms with van der Waals surface area (Å²) in [5, 5.41) is 5.99. The van der Waals surface area contributed by atoms with Crippen LogP contribution in [-0.2, 0) is 0 Å². The highest BCUT2D eigenvalue weighted by Crippen LogP contribution is 2.18. The summed E-state index contributed by atoms with van der Waals surface area (Å²) < 4.78 is 0. The minimum absolute atomic E-state index is 0.00797. The summed E-state index contributed by atoms with van der Waals surface area (Å²) in [4.78, 5) is 16.5. The Hall–Kier alpha value is -2.36. The van der Waals surface area contributed by atoms with Gasteiger partial charge in [-0.25, -0.2) is 4.98 Å². The molecule has 0 saturated heterocycles. The normalized spacial score (nSPS) is 11.7. The van der Waals surface area contributed by atoms with Crippen molar-refractivity contribution >= 4 is 11.7 Å². The Balaban J connectivity index is 2.18. The summed E-state index contributed by atoms with van der Waals surface area (Å²) in [6.45, 7) is 2.06. The van der Waals surface area contributed by atoms with E-state index in [1.54, 1.807) is 25.4 Å². The molecule has 2 rings (SSSR count). The van der Waals surface area contributed by atoms with Gasteiger partial charge in [0, 0.05) is 13.2 Å². The van der Waals surface area contributed by atoms with Crippen LogP contribution in [0.5, 0.6) is 0 Å². The molecule has 0 aliphatic carbocycles. The van der Waals surface area contributed by atoms with E-state index in [-0.39, 0.29) is 11.9 Å². The SMILES string of the molecule is CCC(NC(=O)c1cccnc1NC)c1ccccc1. The number of hydrogen-bond acceptors (Lipinski definition) is 3. The Bertz CT molecular complexity index is 569. The maximum Gasteiger partial charge on any atom is 0.255 e. The zero-order chi connectivity index (χ0) is 14.4. The summed E-state index contributed by atoms with van der Waals surface area (Å²) in [5.74, 6) is 0.478. The quantitative estimate of drug-likeness (QED) is 0.877. The summed E-state index contributed by atoms with van der Waals surface area (Å²) >= 11 is 0. The fraction of sp³-hybridized carbons (Fsp3) is 0.250. The Labute approximate surface area is 119 Å². The third-order valence-corrected chi connectivity index (χ3v) is 3.20. The maximum atomic E-state index is 12.4. The molecule has 2 N–H and O–H groups in total. The molecule has 4 nitrogen and oxygen atoms in total. The van der Waals surface area contributed by atoms with Crippen molar-refractivity contribution in [3.05, 3.63) is 59.8 Å². The highest BCUT2D eigenvalue weighted by Gasteiger charge is 2.16. The van der Waals surface area contributed by atoms with E-state index < -0.39 is 0 Å². The first kappa shape index (κ1) is 14.1. The van der Waals surface area contributed by atoms with Crippen LogP contribution in [0.1, 0.15) is 35.3 Å². The van der Waals surface area contributed by atoms with Crippen molar-refractivity contribution in [2.45, 2.75) is 19.4 Å². The number of rotatable bonds is 5. The number of anilines is 1. The minimum Gasteiger partial charge on any atom is -0.372 e. The van der Waals surface area contributed by atoms with Crippen molar-refractivity contribution in [2.75, 3.05) is 12.4 Å². The van der Waals surface area contributed by atoms with Crippen molar-refractivity contribution in [3.63, 3.8) is 0 Å². The molecule has 0 spiro atoms. The van der Waals surface area contributed by atoms with Crippen LogP contribution in [0.3, 0.4) is 0 Å². The number of pyridine rings is 1. The Kier molecular flexibility index (Phi) is 4.71. The van der Waals surface area contributed by atoms with Crippen molar-refractivity contribution in [3.8, 4) is 0 Å². The van der Waals surface area contributed by atoms with Gasteiger partial charge in [-0.1, -0.05) is 37.3 Å². The predicted octanol–water partition coefficient (Wildman–Crippen LogP) is 3.00. The molecule has 0 aliphatic rings. The van der Waals surface area contributed by atoms with E-state index in [1.807, 2.05) is 30.3 Å². The molecular formula is C16H19N3O. The molecule has 1 atom stereocenters. The Morgan fingerprint density at radius 1 is 1.20 bits per heavy atom. The van der Waals surface area contributed by atoms with Crippen LogP contribution in [0, 0.1) is 0 Å². The summed E-state index contributed by atoms with van der Waals surface area (Å²) in [6, 6.07) is 13.5. The van der Waals surface area contributed by atoms with Crippen LogP contribution >= 0.6 is 0 Å². The first-order valence-corrected chi connectivity index (χ1v) is 6.74. The third kappa shape index (κ3) is 3.15. The van der Waals surface area contributed by atoms with E-state index in [9.17, 15) is 4.79 Å². The van der Waals surface area contributed by atoms with E-state index in [1.165, 1.54) is 0 Å². The fourth-order valence-corrected chi connectivity index (χ4v) is 2.13. The first-order valence-electron chi connectivity index (χ1n) is 6.74. The second kappa shape index (κ2) is 6.70. The highest BCUT2D eigenvalue weighted by atomic mass is 16.1. The van der Waals surface area contributed by atoms with Crippen LogP contribution in [0.25, 0.3) is 0 Å². The van der Waals surface area contributed by atoms with Crippen LogP contribution in [0.4, 0.5) is 5.82 Å². The van der Waals surface area contributed by atoms with E-state index >= 15 is 0 Å². The topological polar surface area (TPSA) is 54.0 Å². The maximum absolute atomic E-state index is 12.4. The Morgan fingerprint density at radius 3 is 2.60 bits per heavy atom. The second-order valence-corrected chi connectivity index (χ2v) is 4.49. The molecule has 1 heterocycles. The first-order chi connectivity index (χ1) is 9.76. The fourth-order valence-electron chi connectivity index (χ4n) is 2.13. The van der Waals surface area contributed by atoms with E-state index in [2.05, 4.69) is 22.5 Å². The van der Waals surface area contributed by atoms with Gasteiger partial charge in [-0.15, -0.1) is 0 Å². The monoisotopic (exact) mass is 269 g/mol. The third-order valence-electron chi connectivity index (χ3n) is 3.20. The zero-order valence-electron chi connectivity index (χ0n) is 11.8. The second-order valence-electron chi connectivity index (χ2n) is 4.49. The molecule has 0 bridgehead atoms. The van der Waals surface area contributed by atoms with Crippen LogP contribution in [0.2, 0.25) is 0 Å². The molecule has 0 fully saturated rings. The lowest BCUT2D eigenvalue weighted by atomic mass is 10.0. The van der Waals surface area contributed by atoms with Crippen LogP contribution in [0.15, 0.2) is 48.7 Å². The van der Waals surface area contributed by atoms with Crippen LogP contribution in [-0.4, -0.2) is 17.9 Å². The van der Waals surface area contributed by atoms with Gasteiger partial charge in [-0.3, -0.25) is 4.79 Å². The van der Waals surface area contributed by atoms with E-state index in [0.717, 1.165) is 12.0 Å². The number of aromatic nitrogens is 1. The average molecular weight is 269 g/mol. The zero-order valence-corrected chi connectivity index (χ0v) is 11.8. The molecule has 0 radical (unpaired) electrons. The van der Waals surface area contributed by atoms with E-state index in [4.69, 9.17) is 0 Å². The molecule has 4 heteroatoms. The number of benzene rings is 1. The van der Waals surface area contributed by atoms with Gasteiger partial charge in [0.15, 0.2) is 0 Å². The lowest BCUT2D eigenvalue weighted by Crippen LogP contribution is -2.28. The van der Waals surface area contributed by atoms with Crippen LogP contribution < -0.4 is 10.6 Å². The average Bonchev–Trinajstić information content (AvgIpc) is 2.53. The minimum atomic E-state index is -0.113. The molecule has 104 valence electrons. The Morgan fingerprint density at radius 2 is 1.95 bits per heavy atom. The van der Waals surface area contributed by atoms with Gasteiger partial charge in [0.2, 0.25) is 0 Å². The van der Waals surface area contributed by atoms with Gasteiger partial charge in [-0.2, -0.15) is 0 Å². The van der Waals surface area contributed by atoms with Crippen molar-refractivity contribution in [2.24, 2.45) is 0 Å². The smallest absolute Gasteiger partial charge is 0.255 e. The summed E-state index contributed by atoms with van der Waals surface area (Å²) in [7, 11) is 1.76. The molecule has 20 heavy (non-hydrogen) atoms. The van der Waals surface area contributed by atoms with Gasteiger partial charge in [0.1, 0.15) is 5.82 Å². The van der Waals surface area contributed by atoms with Crippen molar-refractivity contribution in [1.82, 2.24) is 10.3 Å². The summed E-state index contributed by atoms with van der Waals surface area (Å²) in [6.07, 6.45) is 2.50. The lowest BCUT2D eigenvalue weighted by Gasteiger charge is -2.18. The van der Waals surface area contributed by atoms with Crippen molar-refractivity contribution in [1.29, 1.82) is 0 Å². The molecular weight excluding hydrogens is 250 g/mol. The number of carbonyl (C=O) groups excluding carboxylic acids is 1. The number of amides is 1. The van der Waals surface area contributed by atoms with E-state index in [0.29, 0.717) is 11.4 Å². The van der Waals surface area contributed by atoms with Gasteiger partial charge >= 0.3 is 0 Å². The standard InChI is InChI=1S/C16H19N3O/c1-3-14(12-8-5-4-6-9-12)19-16(20)13-10-7-11-18-15(13)17-2/h4-11,14H,3H2,1-2H3,(H,17,18)(H,19,20). The molecule has 1 unspecified atom stereocenters. The van der Waals surface area contributed by atoms with Crippen molar-refractivity contribution < 1.29 is 4.79 Å². The molecule has 1 aromatic heterocycles. The molecule has 0 aliphatic heterocycles. The van der Waals surface area contributed by atoms with Gasteiger partial charge < -0.3 is 10.6 Å². The molecule has 2 aromatic rings. The molecule has 1 amide bonds. The molecule has 1 aromatic carbocycles. The summed E-state index contributed by atoms with van der Waals surface area (Å²) in [5.41, 5.74) is 1.67. The predicted molar refractivity (Wildman–Crippen MR) is 80.7 cm³/mol. The largest absolute Gasteiger partial charge is 0.372 e. The van der Waals surface area contributed by atoms with Gasteiger partial charge in [-0.05, 0) is 24.1 Å². The molecule has 0 saturated carbocycles. The number of carbonyl (C=O) groups is 1.